The molecule has 0 atom stereocenters. The molecular formula is C25H26ClN3O6S. The molecule has 190 valence electrons. The number of nitrogens with one attached hydrogen (secondary N) is 1. The van der Waals surface area contributed by atoms with Gasteiger partial charge in [-0.15, -0.1) is 0 Å². The van der Waals surface area contributed by atoms with E-state index in [1.807, 2.05) is 0 Å². The molecule has 2 aromatic heterocycles. The van der Waals surface area contributed by atoms with Crippen molar-refractivity contribution in [2.24, 2.45) is 7.05 Å². The molecule has 2 aliphatic rings. The van der Waals surface area contributed by atoms with Crippen LogP contribution < -0.4 is 15.6 Å². The van der Waals surface area contributed by atoms with Gasteiger partial charge in [0.1, 0.15) is 28.2 Å². The molecule has 36 heavy (non-hydrogen) atoms. The lowest BCUT2D eigenvalue weighted by molar-refractivity contribution is 0.0949. The highest BCUT2D eigenvalue weighted by molar-refractivity contribution is 7.94. The van der Waals surface area contributed by atoms with Gasteiger partial charge < -0.3 is 19.7 Å². The first kappa shape index (κ1) is 24.7. The maximum absolute atomic E-state index is 13.2. The third-order valence-corrected chi connectivity index (χ3v) is 10.8. The molecule has 0 bridgehead atoms. The summed E-state index contributed by atoms with van der Waals surface area (Å²) >= 11 is 5.89. The minimum atomic E-state index is -3.58. The fraction of sp³-hybridized carbons (Fsp3) is 0.400. The molecule has 2 N–H and O–H groups in total. The number of ether oxygens (including phenoxy) is 1. The Morgan fingerprint density at radius 2 is 1.83 bits per heavy atom. The number of carbonyl (C=O) groups is 1. The van der Waals surface area contributed by atoms with Gasteiger partial charge in [0.25, 0.3) is 11.5 Å². The lowest BCUT2D eigenvalue weighted by Gasteiger charge is -2.23. The van der Waals surface area contributed by atoms with Crippen LogP contribution in [0.25, 0.3) is 11.0 Å². The van der Waals surface area contributed by atoms with Gasteiger partial charge >= 0.3 is 0 Å². The first-order chi connectivity index (χ1) is 17.1. The maximum Gasteiger partial charge on any atom is 0.263 e. The van der Waals surface area contributed by atoms with E-state index in [1.165, 1.54) is 23.9 Å². The highest BCUT2D eigenvalue weighted by atomic mass is 35.5. The smallest absolute Gasteiger partial charge is 0.263 e. The van der Waals surface area contributed by atoms with Crippen LogP contribution in [-0.4, -0.2) is 51.7 Å². The number of sulfone groups is 1. The number of hydrogen-bond acceptors (Lipinski definition) is 7. The van der Waals surface area contributed by atoms with E-state index in [0.29, 0.717) is 47.5 Å². The maximum atomic E-state index is 13.2. The highest BCUT2D eigenvalue weighted by Gasteiger charge is 2.67. The predicted octanol–water partition coefficient (Wildman–Crippen LogP) is 2.37. The minimum absolute atomic E-state index is 0.0662. The average Bonchev–Trinajstić information content (AvgIpc) is 3.79. The number of aromatic nitrogens is 2. The molecule has 0 unspecified atom stereocenters. The summed E-state index contributed by atoms with van der Waals surface area (Å²) in [5, 5.41) is 13.0. The second-order valence-electron chi connectivity index (χ2n) is 9.59. The van der Waals surface area contributed by atoms with Crippen molar-refractivity contribution >= 4 is 38.4 Å². The normalized spacial score (nSPS) is 17.5. The number of benzene rings is 1. The van der Waals surface area contributed by atoms with Crippen LogP contribution in [0.1, 0.15) is 41.6 Å². The number of amides is 1. The number of fused-ring (bicyclic) bond motifs is 1. The quantitative estimate of drug-likeness (QED) is 0.434. The van der Waals surface area contributed by atoms with Crippen LogP contribution in [0.15, 0.2) is 47.4 Å². The first-order valence-electron chi connectivity index (χ1n) is 11.6. The van der Waals surface area contributed by atoms with Crippen LogP contribution in [0, 0.1) is 0 Å². The number of nitrogens with zero attached hydrogens (tertiary/aromatic N) is 2. The molecule has 2 heterocycles. The van der Waals surface area contributed by atoms with E-state index in [9.17, 15) is 23.1 Å². The Morgan fingerprint density at radius 1 is 1.17 bits per heavy atom. The van der Waals surface area contributed by atoms with Crippen molar-refractivity contribution in [2.75, 3.05) is 13.2 Å². The number of aryl methyl sites for hydroxylation is 1. The van der Waals surface area contributed by atoms with Gasteiger partial charge in [0, 0.05) is 30.9 Å². The summed E-state index contributed by atoms with van der Waals surface area (Å²) < 4.78 is 31.6. The number of halogens is 1. The molecule has 0 spiro atoms. The zero-order chi connectivity index (χ0) is 25.7. The van der Waals surface area contributed by atoms with Crippen molar-refractivity contribution in [3.05, 3.63) is 69.1 Å². The number of carbonyl (C=O) groups excluding carboxylic acids is 1. The van der Waals surface area contributed by atoms with Crippen LogP contribution in [0.3, 0.4) is 0 Å². The molecule has 1 amide bonds. The Kier molecular flexibility index (Phi) is 6.09. The Hall–Kier alpha value is -2.95. The van der Waals surface area contributed by atoms with Crippen LogP contribution in [-0.2, 0) is 23.4 Å². The zero-order valence-corrected chi connectivity index (χ0v) is 21.2. The molecule has 0 radical (unpaired) electrons. The van der Waals surface area contributed by atoms with Crippen molar-refractivity contribution in [3.63, 3.8) is 0 Å². The fourth-order valence-corrected chi connectivity index (χ4v) is 7.19. The predicted molar refractivity (Wildman–Crippen MR) is 135 cm³/mol. The summed E-state index contributed by atoms with van der Waals surface area (Å²) in [5.41, 5.74) is 0.974. The molecule has 2 aliphatic carbocycles. The number of rotatable bonds is 9. The second-order valence-corrected chi connectivity index (χ2v) is 12.8. The zero-order valence-electron chi connectivity index (χ0n) is 19.7. The third kappa shape index (κ3) is 4.07. The summed E-state index contributed by atoms with van der Waals surface area (Å²) in [6.45, 7) is -0.236. The van der Waals surface area contributed by atoms with Crippen LogP contribution >= 0.6 is 11.6 Å². The van der Waals surface area contributed by atoms with Gasteiger partial charge in [-0.25, -0.2) is 8.42 Å². The van der Waals surface area contributed by atoms with E-state index in [1.54, 1.807) is 30.3 Å². The van der Waals surface area contributed by atoms with E-state index in [2.05, 4.69) is 10.3 Å². The van der Waals surface area contributed by atoms with Gasteiger partial charge in [-0.1, -0.05) is 23.7 Å². The molecule has 0 aliphatic heterocycles. The van der Waals surface area contributed by atoms with Gasteiger partial charge in [0.2, 0.25) is 0 Å². The van der Waals surface area contributed by atoms with E-state index in [0.717, 1.165) is 5.56 Å². The van der Waals surface area contributed by atoms with E-state index in [-0.39, 0.29) is 25.3 Å². The van der Waals surface area contributed by atoms with Crippen LogP contribution in [0.2, 0.25) is 5.02 Å². The van der Waals surface area contributed by atoms with Crippen molar-refractivity contribution in [1.82, 2.24) is 14.9 Å². The molecule has 1 aromatic carbocycles. The average molecular weight is 532 g/mol. The van der Waals surface area contributed by atoms with Gasteiger partial charge in [-0.05, 0) is 49.4 Å². The van der Waals surface area contributed by atoms with Gasteiger partial charge in [-0.3, -0.25) is 14.6 Å². The topological polar surface area (TPSA) is 128 Å². The summed E-state index contributed by atoms with van der Waals surface area (Å²) in [7, 11) is -2.06. The van der Waals surface area contributed by atoms with Gasteiger partial charge in [0.05, 0.1) is 16.9 Å². The molecule has 11 heteroatoms. The summed E-state index contributed by atoms with van der Waals surface area (Å²) in [5.74, 6) is -0.231. The molecular weight excluding hydrogens is 506 g/mol. The number of pyridine rings is 2. The Bertz CT molecular complexity index is 1510. The largest absolute Gasteiger partial charge is 0.490 e. The lowest BCUT2D eigenvalue weighted by Crippen LogP contribution is -2.41. The van der Waals surface area contributed by atoms with Crippen molar-refractivity contribution < 1.29 is 23.1 Å². The lowest BCUT2D eigenvalue weighted by atomic mass is 10.2. The van der Waals surface area contributed by atoms with Crippen molar-refractivity contribution in [1.29, 1.82) is 0 Å². The Balaban J connectivity index is 1.38. The summed E-state index contributed by atoms with van der Waals surface area (Å²) in [6.07, 6.45) is 3.35. The molecule has 2 fully saturated rings. The van der Waals surface area contributed by atoms with Crippen LogP contribution in [0.4, 0.5) is 0 Å². The fourth-order valence-electron chi connectivity index (χ4n) is 4.48. The third-order valence-electron chi connectivity index (χ3n) is 7.21. The van der Waals surface area contributed by atoms with Gasteiger partial charge in [0.15, 0.2) is 9.84 Å². The van der Waals surface area contributed by atoms with Crippen molar-refractivity contribution in [2.45, 2.75) is 41.7 Å². The van der Waals surface area contributed by atoms with Crippen LogP contribution in [0.5, 0.6) is 5.75 Å². The summed E-state index contributed by atoms with van der Waals surface area (Å²) in [6, 6.07) is 9.99. The van der Waals surface area contributed by atoms with E-state index in [4.69, 9.17) is 16.3 Å². The molecule has 5 rings (SSSR count). The number of aliphatic hydroxyl groups is 1. The highest BCUT2D eigenvalue weighted by Crippen LogP contribution is 2.56. The molecule has 0 saturated heterocycles. The minimum Gasteiger partial charge on any atom is -0.490 e. The standard InChI is InChI=1S/C25H26ClN3O6S/c1-29-21-19(12-18(23(29)32)22(31)28-13-16-2-4-17(26)5-3-16)27-11-6-20(21)35-15-25(9-10-25)36(33,34)24(14-30)7-8-24/h2-6,11-12,30H,7-10,13-15H2,1H3,(H,28,31). The Labute approximate surface area is 213 Å². The van der Waals surface area contributed by atoms with Crippen molar-refractivity contribution in [3.8, 4) is 5.75 Å². The Morgan fingerprint density at radius 3 is 2.44 bits per heavy atom. The van der Waals surface area contributed by atoms with E-state index < -0.39 is 30.8 Å². The number of hydrogen-bond donors (Lipinski definition) is 2. The first-order valence-corrected chi connectivity index (χ1v) is 13.5. The van der Waals surface area contributed by atoms with E-state index >= 15 is 0 Å². The molecule has 2 saturated carbocycles. The number of aliphatic hydroxyl groups excluding tert-OH is 1. The summed E-state index contributed by atoms with van der Waals surface area (Å²) in [4.78, 5) is 30.2. The molecule has 9 nitrogen and oxygen atoms in total. The second kappa shape index (κ2) is 8.86. The SMILES string of the molecule is Cn1c(=O)c(C(=O)NCc2ccc(Cl)cc2)cc2nccc(OCC3(S(=O)(=O)C4(CO)CC4)CC3)c21. The molecule has 3 aromatic rings. The van der Waals surface area contributed by atoms with Gasteiger partial charge in [-0.2, -0.15) is 0 Å². The monoisotopic (exact) mass is 531 g/mol.